The molecule has 5 nitrogen and oxygen atoms in total. The predicted molar refractivity (Wildman–Crippen MR) is 128 cm³/mol. The van der Waals surface area contributed by atoms with Gasteiger partial charge in [-0.15, -0.1) is 0 Å². The number of methoxy groups -OCH3 is 1. The Bertz CT molecular complexity index is 1190. The van der Waals surface area contributed by atoms with E-state index >= 15 is 0 Å². The van der Waals surface area contributed by atoms with E-state index in [9.17, 15) is 13.2 Å². The normalized spacial score (nSPS) is 18.9. The summed E-state index contributed by atoms with van der Waals surface area (Å²) in [5, 5.41) is 4.29. The van der Waals surface area contributed by atoms with Crippen molar-refractivity contribution in [2.24, 2.45) is 5.73 Å². The van der Waals surface area contributed by atoms with Crippen molar-refractivity contribution in [3.63, 3.8) is 0 Å². The Hall–Kier alpha value is -2.94. The van der Waals surface area contributed by atoms with Gasteiger partial charge in [0.1, 0.15) is 23.2 Å². The molecule has 0 saturated carbocycles. The highest BCUT2D eigenvalue weighted by molar-refractivity contribution is 5.83. The Labute approximate surface area is 197 Å². The quantitative estimate of drug-likeness (QED) is 0.497. The molecule has 3 aromatic rings. The van der Waals surface area contributed by atoms with Crippen LogP contribution >= 0.6 is 0 Å². The average Bonchev–Trinajstić information content (AvgIpc) is 3.26. The summed E-state index contributed by atoms with van der Waals surface area (Å²) in [7, 11) is 1.58. The number of halogens is 3. The number of nitrogens with one attached hydrogen (secondary N) is 1. The number of nitrogens with two attached hydrogens (primary N) is 1. The summed E-state index contributed by atoms with van der Waals surface area (Å²) < 4.78 is 47.0. The van der Waals surface area contributed by atoms with Gasteiger partial charge in [-0.25, -0.2) is 13.2 Å². The van der Waals surface area contributed by atoms with E-state index in [4.69, 9.17) is 10.5 Å². The van der Waals surface area contributed by atoms with Gasteiger partial charge in [0.05, 0.1) is 18.8 Å². The van der Waals surface area contributed by atoms with E-state index in [0.717, 1.165) is 36.0 Å². The molecule has 1 atom stereocenters. The Kier molecular flexibility index (Phi) is 7.50. The SMILES string of the molecule is COc1ccc2ncc(F)c(CCNC3(CN)CCN(C/C=C/c4cc(F)ccc4F)C3)c2c1. The monoisotopic (exact) mass is 470 g/mol. The number of aromatic nitrogens is 1. The Morgan fingerprint density at radius 3 is 2.82 bits per heavy atom. The first kappa shape index (κ1) is 24.2. The number of hydrogen-bond donors (Lipinski definition) is 2. The molecule has 2 heterocycles. The van der Waals surface area contributed by atoms with Crippen LogP contribution in [0.3, 0.4) is 0 Å². The van der Waals surface area contributed by atoms with Crippen molar-refractivity contribution >= 4 is 17.0 Å². The van der Waals surface area contributed by atoms with E-state index in [-0.39, 0.29) is 16.9 Å². The van der Waals surface area contributed by atoms with Gasteiger partial charge in [-0.1, -0.05) is 12.2 Å². The highest BCUT2D eigenvalue weighted by Crippen LogP contribution is 2.26. The molecule has 2 aromatic carbocycles. The minimum atomic E-state index is -0.467. The summed E-state index contributed by atoms with van der Waals surface area (Å²) in [5.74, 6) is -0.603. The number of hydrogen-bond acceptors (Lipinski definition) is 5. The lowest BCUT2D eigenvalue weighted by atomic mass is 9.98. The molecule has 0 spiro atoms. The van der Waals surface area contributed by atoms with Crippen molar-refractivity contribution in [2.45, 2.75) is 18.4 Å². The fourth-order valence-corrected chi connectivity index (χ4v) is 4.50. The van der Waals surface area contributed by atoms with Crippen LogP contribution in [0.2, 0.25) is 0 Å². The molecule has 0 aliphatic carbocycles. The van der Waals surface area contributed by atoms with Gasteiger partial charge < -0.3 is 15.8 Å². The zero-order valence-corrected chi connectivity index (χ0v) is 19.2. The summed E-state index contributed by atoms with van der Waals surface area (Å²) in [4.78, 5) is 6.38. The van der Waals surface area contributed by atoms with Crippen LogP contribution in [0.1, 0.15) is 17.5 Å². The third-order valence-electron chi connectivity index (χ3n) is 6.45. The molecule has 4 rings (SSSR count). The van der Waals surface area contributed by atoms with E-state index in [2.05, 4.69) is 15.2 Å². The fourth-order valence-electron chi connectivity index (χ4n) is 4.50. The van der Waals surface area contributed by atoms with Crippen molar-refractivity contribution < 1.29 is 17.9 Å². The Morgan fingerprint density at radius 2 is 2.03 bits per heavy atom. The van der Waals surface area contributed by atoms with Gasteiger partial charge in [-0.05, 0) is 55.8 Å². The number of pyridine rings is 1. The van der Waals surface area contributed by atoms with Gasteiger partial charge in [-0.2, -0.15) is 0 Å². The molecule has 3 N–H and O–H groups in total. The molecule has 1 unspecified atom stereocenters. The second-order valence-corrected chi connectivity index (χ2v) is 8.68. The standard InChI is InChI=1S/C26H29F3N4O/c1-34-20-5-7-25-22(14-20)21(24(29)15-31-25)8-10-32-26(16-30)9-12-33(17-26)11-2-3-18-13-19(27)4-6-23(18)28/h2-7,13-15,32H,8-12,16-17,30H2,1H3/b3-2+. The molecule has 1 aliphatic rings. The number of fused-ring (bicyclic) bond motifs is 1. The molecule has 1 fully saturated rings. The van der Waals surface area contributed by atoms with Crippen LogP contribution in [0.15, 0.2) is 48.7 Å². The molecule has 1 aromatic heterocycles. The van der Waals surface area contributed by atoms with Gasteiger partial charge >= 0.3 is 0 Å². The summed E-state index contributed by atoms with van der Waals surface area (Å²) >= 11 is 0. The van der Waals surface area contributed by atoms with Crippen molar-refractivity contribution in [3.05, 3.63) is 77.2 Å². The molecule has 0 amide bonds. The lowest BCUT2D eigenvalue weighted by molar-refractivity contribution is 0.303. The highest BCUT2D eigenvalue weighted by Gasteiger charge is 2.35. The largest absolute Gasteiger partial charge is 0.497 e. The van der Waals surface area contributed by atoms with Crippen molar-refractivity contribution in [2.75, 3.05) is 39.8 Å². The zero-order chi connectivity index (χ0) is 24.1. The number of ether oxygens (including phenoxy) is 1. The molecule has 0 bridgehead atoms. The van der Waals surface area contributed by atoms with E-state index in [1.54, 1.807) is 13.2 Å². The van der Waals surface area contributed by atoms with Gasteiger partial charge in [0.15, 0.2) is 0 Å². The van der Waals surface area contributed by atoms with Crippen molar-refractivity contribution in [1.29, 1.82) is 0 Å². The van der Waals surface area contributed by atoms with Crippen LogP contribution in [0.25, 0.3) is 17.0 Å². The summed E-state index contributed by atoms with van der Waals surface area (Å²) in [6.45, 7) is 3.14. The average molecular weight is 471 g/mol. The second-order valence-electron chi connectivity index (χ2n) is 8.68. The van der Waals surface area contributed by atoms with Crippen molar-refractivity contribution in [1.82, 2.24) is 15.2 Å². The first-order valence-corrected chi connectivity index (χ1v) is 11.3. The van der Waals surface area contributed by atoms with E-state index < -0.39 is 11.6 Å². The van der Waals surface area contributed by atoms with Gasteiger partial charge in [0, 0.05) is 48.2 Å². The molecule has 34 heavy (non-hydrogen) atoms. The molecule has 180 valence electrons. The Morgan fingerprint density at radius 1 is 1.18 bits per heavy atom. The van der Waals surface area contributed by atoms with E-state index in [1.165, 1.54) is 12.3 Å². The van der Waals surface area contributed by atoms with Crippen LogP contribution < -0.4 is 15.8 Å². The van der Waals surface area contributed by atoms with Gasteiger partial charge in [0.25, 0.3) is 0 Å². The lowest BCUT2D eigenvalue weighted by Gasteiger charge is -2.29. The maximum Gasteiger partial charge on any atom is 0.145 e. The summed E-state index contributed by atoms with van der Waals surface area (Å²) in [5.41, 5.74) is 7.39. The topological polar surface area (TPSA) is 63.4 Å². The fraction of sp³-hybridized carbons (Fsp3) is 0.346. The van der Waals surface area contributed by atoms with Gasteiger partial charge in [-0.3, -0.25) is 9.88 Å². The highest BCUT2D eigenvalue weighted by atomic mass is 19.1. The molecule has 1 aliphatic heterocycles. The minimum Gasteiger partial charge on any atom is -0.497 e. The van der Waals surface area contributed by atoms with Crippen LogP contribution in [0.5, 0.6) is 5.75 Å². The third kappa shape index (κ3) is 5.41. The van der Waals surface area contributed by atoms with Crippen LogP contribution in [-0.2, 0) is 6.42 Å². The number of benzene rings is 2. The molecular formula is C26H29F3N4O. The van der Waals surface area contributed by atoms with Crippen molar-refractivity contribution in [3.8, 4) is 5.75 Å². The third-order valence-corrected chi connectivity index (χ3v) is 6.45. The number of nitrogens with zero attached hydrogens (tertiary/aromatic N) is 2. The lowest BCUT2D eigenvalue weighted by Crippen LogP contribution is -2.53. The zero-order valence-electron chi connectivity index (χ0n) is 19.2. The minimum absolute atomic E-state index is 0.227. The molecular weight excluding hydrogens is 441 g/mol. The smallest absolute Gasteiger partial charge is 0.145 e. The van der Waals surface area contributed by atoms with E-state index in [1.807, 2.05) is 24.3 Å². The Balaban J connectivity index is 1.37. The number of rotatable bonds is 9. The maximum atomic E-state index is 14.6. The van der Waals surface area contributed by atoms with Crippen LogP contribution in [0, 0.1) is 17.5 Å². The first-order chi connectivity index (χ1) is 16.4. The van der Waals surface area contributed by atoms with Gasteiger partial charge in [0.2, 0.25) is 0 Å². The van der Waals surface area contributed by atoms with Crippen LogP contribution in [0.4, 0.5) is 13.2 Å². The molecule has 8 heteroatoms. The maximum absolute atomic E-state index is 14.6. The van der Waals surface area contributed by atoms with Crippen LogP contribution in [-0.4, -0.2) is 55.3 Å². The first-order valence-electron chi connectivity index (χ1n) is 11.3. The molecule has 0 radical (unpaired) electrons. The number of likely N-dealkylation sites (tertiary alicyclic amines) is 1. The summed E-state index contributed by atoms with van der Waals surface area (Å²) in [6.07, 6.45) is 6.02. The van der Waals surface area contributed by atoms with E-state index in [0.29, 0.717) is 43.9 Å². The molecule has 1 saturated heterocycles. The summed E-state index contributed by atoms with van der Waals surface area (Å²) in [6, 6.07) is 8.85. The second kappa shape index (κ2) is 10.5. The predicted octanol–water partition coefficient (Wildman–Crippen LogP) is 3.91.